The number of halogens is 1. The predicted molar refractivity (Wildman–Crippen MR) is 52.8 cm³/mol. The standard InChI is InChI=1S/C10H12ClNO/c11-8-3-1-2-7(10(8)13)9(12)6-4-5-6/h1-3,6,9,13H,4-5,12H2/t9-/m1/s1. The summed E-state index contributed by atoms with van der Waals surface area (Å²) < 4.78 is 0. The first kappa shape index (κ1) is 8.85. The summed E-state index contributed by atoms with van der Waals surface area (Å²) in [6.45, 7) is 0. The number of nitrogens with two attached hydrogens (primary N) is 1. The van der Waals surface area contributed by atoms with Crippen molar-refractivity contribution in [1.29, 1.82) is 0 Å². The molecule has 1 aromatic rings. The van der Waals surface area contributed by atoms with Gasteiger partial charge in [-0.15, -0.1) is 0 Å². The van der Waals surface area contributed by atoms with Crippen LogP contribution in [0.2, 0.25) is 5.02 Å². The molecule has 0 aromatic heterocycles. The lowest BCUT2D eigenvalue weighted by atomic mass is 10.0. The zero-order valence-corrected chi connectivity index (χ0v) is 7.96. The number of phenols is 1. The molecule has 70 valence electrons. The molecule has 0 spiro atoms. The molecule has 3 N–H and O–H groups in total. The maximum absolute atomic E-state index is 9.63. The average Bonchev–Trinajstić information content (AvgIpc) is 2.91. The molecule has 1 aromatic carbocycles. The highest BCUT2D eigenvalue weighted by Gasteiger charge is 2.31. The lowest BCUT2D eigenvalue weighted by molar-refractivity contribution is 0.456. The average molecular weight is 198 g/mol. The first-order valence-corrected chi connectivity index (χ1v) is 4.81. The summed E-state index contributed by atoms with van der Waals surface area (Å²) in [6, 6.07) is 5.27. The molecule has 2 nitrogen and oxygen atoms in total. The second-order valence-corrected chi connectivity index (χ2v) is 3.95. The van der Waals surface area contributed by atoms with E-state index in [0.717, 1.165) is 18.4 Å². The second kappa shape index (κ2) is 3.20. The third kappa shape index (κ3) is 1.64. The van der Waals surface area contributed by atoms with Crippen LogP contribution in [0.1, 0.15) is 24.4 Å². The maximum Gasteiger partial charge on any atom is 0.138 e. The van der Waals surface area contributed by atoms with Gasteiger partial charge in [0.2, 0.25) is 0 Å². The van der Waals surface area contributed by atoms with Gasteiger partial charge < -0.3 is 10.8 Å². The Morgan fingerprint density at radius 2 is 2.15 bits per heavy atom. The number of para-hydroxylation sites is 1. The van der Waals surface area contributed by atoms with Crippen LogP contribution < -0.4 is 5.73 Å². The first-order chi connectivity index (χ1) is 6.20. The molecule has 0 amide bonds. The normalized spacial score (nSPS) is 18.6. The highest BCUT2D eigenvalue weighted by atomic mass is 35.5. The van der Waals surface area contributed by atoms with Gasteiger partial charge in [0.25, 0.3) is 0 Å². The Morgan fingerprint density at radius 3 is 2.77 bits per heavy atom. The van der Waals surface area contributed by atoms with Gasteiger partial charge in [0.05, 0.1) is 5.02 Å². The van der Waals surface area contributed by atoms with E-state index in [1.54, 1.807) is 6.07 Å². The Morgan fingerprint density at radius 1 is 1.46 bits per heavy atom. The third-order valence-corrected chi connectivity index (χ3v) is 2.81. The zero-order chi connectivity index (χ0) is 9.42. The molecular weight excluding hydrogens is 186 g/mol. The van der Waals surface area contributed by atoms with Crippen molar-refractivity contribution in [3.8, 4) is 5.75 Å². The highest BCUT2D eigenvalue weighted by molar-refractivity contribution is 6.32. The fourth-order valence-corrected chi connectivity index (χ4v) is 1.69. The fraction of sp³-hybridized carbons (Fsp3) is 0.400. The molecule has 1 aliphatic rings. The molecular formula is C10H12ClNO. The van der Waals surface area contributed by atoms with Crippen LogP contribution in [0.4, 0.5) is 0 Å². The molecule has 0 bridgehead atoms. The lowest BCUT2D eigenvalue weighted by Gasteiger charge is -2.12. The summed E-state index contributed by atoms with van der Waals surface area (Å²) in [7, 11) is 0. The third-order valence-electron chi connectivity index (χ3n) is 2.51. The monoisotopic (exact) mass is 197 g/mol. The lowest BCUT2D eigenvalue weighted by Crippen LogP contribution is -2.12. The molecule has 1 fully saturated rings. The van der Waals surface area contributed by atoms with Crippen LogP contribution >= 0.6 is 11.6 Å². The van der Waals surface area contributed by atoms with Gasteiger partial charge in [0, 0.05) is 11.6 Å². The van der Waals surface area contributed by atoms with E-state index in [9.17, 15) is 5.11 Å². The number of rotatable bonds is 2. The molecule has 13 heavy (non-hydrogen) atoms. The van der Waals surface area contributed by atoms with E-state index in [2.05, 4.69) is 0 Å². The highest BCUT2D eigenvalue weighted by Crippen LogP contribution is 2.43. The predicted octanol–water partition coefficient (Wildman–Crippen LogP) is 2.46. The van der Waals surface area contributed by atoms with E-state index >= 15 is 0 Å². The van der Waals surface area contributed by atoms with Gasteiger partial charge in [-0.1, -0.05) is 23.7 Å². The van der Waals surface area contributed by atoms with Gasteiger partial charge in [0.1, 0.15) is 5.75 Å². The van der Waals surface area contributed by atoms with Crippen LogP contribution in [0.3, 0.4) is 0 Å². The topological polar surface area (TPSA) is 46.2 Å². The van der Waals surface area contributed by atoms with E-state index in [1.165, 1.54) is 0 Å². The van der Waals surface area contributed by atoms with Crippen LogP contribution in [-0.2, 0) is 0 Å². The van der Waals surface area contributed by atoms with Crippen LogP contribution in [0.15, 0.2) is 18.2 Å². The van der Waals surface area contributed by atoms with Crippen molar-refractivity contribution in [3.05, 3.63) is 28.8 Å². The molecule has 1 aliphatic carbocycles. The van der Waals surface area contributed by atoms with E-state index < -0.39 is 0 Å². The van der Waals surface area contributed by atoms with Crippen LogP contribution in [0.5, 0.6) is 5.75 Å². The first-order valence-electron chi connectivity index (χ1n) is 4.43. The minimum atomic E-state index is -0.0568. The number of benzene rings is 1. The van der Waals surface area contributed by atoms with Crippen LogP contribution in [-0.4, -0.2) is 5.11 Å². The van der Waals surface area contributed by atoms with Gasteiger partial charge in [0.15, 0.2) is 0 Å². The second-order valence-electron chi connectivity index (χ2n) is 3.54. The largest absolute Gasteiger partial charge is 0.506 e. The van der Waals surface area contributed by atoms with Gasteiger partial charge >= 0.3 is 0 Å². The molecule has 0 saturated heterocycles. The minimum absolute atomic E-state index is 0.0568. The van der Waals surface area contributed by atoms with Gasteiger partial charge in [-0.3, -0.25) is 0 Å². The molecule has 0 heterocycles. The molecule has 0 aliphatic heterocycles. The molecule has 3 heteroatoms. The molecule has 0 radical (unpaired) electrons. The zero-order valence-electron chi connectivity index (χ0n) is 7.20. The maximum atomic E-state index is 9.63. The number of hydrogen-bond acceptors (Lipinski definition) is 2. The van der Waals surface area contributed by atoms with Gasteiger partial charge in [-0.25, -0.2) is 0 Å². The summed E-state index contributed by atoms with van der Waals surface area (Å²) in [5, 5.41) is 10.0. The van der Waals surface area contributed by atoms with E-state index in [-0.39, 0.29) is 11.8 Å². The summed E-state index contributed by atoms with van der Waals surface area (Å²) in [5.41, 5.74) is 6.72. The molecule has 1 saturated carbocycles. The Kier molecular flexibility index (Phi) is 2.18. The Balaban J connectivity index is 2.32. The van der Waals surface area contributed by atoms with Crippen molar-refractivity contribution < 1.29 is 5.11 Å². The number of aromatic hydroxyl groups is 1. The van der Waals surface area contributed by atoms with E-state index in [4.69, 9.17) is 17.3 Å². The van der Waals surface area contributed by atoms with Crippen molar-refractivity contribution in [3.63, 3.8) is 0 Å². The Hall–Kier alpha value is -0.730. The van der Waals surface area contributed by atoms with Crippen LogP contribution in [0.25, 0.3) is 0 Å². The number of hydrogen-bond donors (Lipinski definition) is 2. The Bertz CT molecular complexity index is 323. The summed E-state index contributed by atoms with van der Waals surface area (Å²) in [6.07, 6.45) is 2.32. The molecule has 2 rings (SSSR count). The smallest absolute Gasteiger partial charge is 0.138 e. The summed E-state index contributed by atoms with van der Waals surface area (Å²) in [4.78, 5) is 0. The van der Waals surface area contributed by atoms with Gasteiger partial charge in [-0.05, 0) is 24.8 Å². The summed E-state index contributed by atoms with van der Waals surface area (Å²) >= 11 is 5.78. The van der Waals surface area contributed by atoms with E-state index in [0.29, 0.717) is 10.9 Å². The minimum Gasteiger partial charge on any atom is -0.506 e. The van der Waals surface area contributed by atoms with Gasteiger partial charge in [-0.2, -0.15) is 0 Å². The van der Waals surface area contributed by atoms with Crippen LogP contribution in [0, 0.1) is 5.92 Å². The van der Waals surface area contributed by atoms with Crippen molar-refractivity contribution in [2.24, 2.45) is 11.7 Å². The Labute approximate surface area is 82.3 Å². The van der Waals surface area contributed by atoms with Crippen molar-refractivity contribution in [1.82, 2.24) is 0 Å². The van der Waals surface area contributed by atoms with Crippen molar-refractivity contribution >= 4 is 11.6 Å². The molecule has 0 unspecified atom stereocenters. The number of phenolic OH excluding ortho intramolecular Hbond substituents is 1. The fourth-order valence-electron chi connectivity index (χ4n) is 1.51. The SMILES string of the molecule is N[C@@H](c1cccc(Cl)c1O)C1CC1. The quantitative estimate of drug-likeness (QED) is 0.765. The molecule has 1 atom stereocenters. The van der Waals surface area contributed by atoms with E-state index in [1.807, 2.05) is 12.1 Å². The van der Waals surface area contributed by atoms with Crippen molar-refractivity contribution in [2.45, 2.75) is 18.9 Å². The van der Waals surface area contributed by atoms with Crippen molar-refractivity contribution in [2.75, 3.05) is 0 Å². The summed E-state index contributed by atoms with van der Waals surface area (Å²) in [5.74, 6) is 0.674.